The quantitative estimate of drug-likeness (QED) is 0.311. The first-order valence-electron chi connectivity index (χ1n) is 10.2. The summed E-state index contributed by atoms with van der Waals surface area (Å²) in [5.74, 6) is -1.86. The minimum atomic E-state index is -1.19. The normalized spacial score (nSPS) is 11.7. The molecular formula is C26H24N2O4S. The van der Waals surface area contributed by atoms with Gasteiger partial charge in [0, 0.05) is 28.4 Å². The number of benzene rings is 3. The van der Waals surface area contributed by atoms with Crippen LogP contribution < -0.4 is 10.6 Å². The number of rotatable bonds is 8. The topological polar surface area (TPSA) is 95.5 Å². The van der Waals surface area contributed by atoms with Crippen molar-refractivity contribution in [3.63, 3.8) is 0 Å². The van der Waals surface area contributed by atoms with Crippen molar-refractivity contribution in [3.05, 3.63) is 102 Å². The summed E-state index contributed by atoms with van der Waals surface area (Å²) in [6, 6.07) is 22.4. The first kappa shape index (κ1) is 23.8. The molecule has 0 heterocycles. The van der Waals surface area contributed by atoms with Gasteiger partial charge in [-0.2, -0.15) is 0 Å². The average Bonchev–Trinajstić information content (AvgIpc) is 2.80. The molecule has 3 aromatic carbocycles. The molecule has 3 N–H and O–H groups in total. The summed E-state index contributed by atoms with van der Waals surface area (Å²) in [6.07, 6.45) is 1.73. The fourth-order valence-electron chi connectivity index (χ4n) is 3.01. The Kier molecular flexibility index (Phi) is 8.05. The molecule has 168 valence electrons. The molecule has 0 aliphatic rings. The Hall–Kier alpha value is -3.84. The van der Waals surface area contributed by atoms with Gasteiger partial charge in [-0.05, 0) is 66.9 Å². The van der Waals surface area contributed by atoms with Gasteiger partial charge in [0.05, 0.1) is 0 Å². The molecule has 0 radical (unpaired) electrons. The molecule has 3 aromatic rings. The Labute approximate surface area is 196 Å². The second-order valence-electron chi connectivity index (χ2n) is 7.38. The van der Waals surface area contributed by atoms with Gasteiger partial charge in [-0.25, -0.2) is 4.79 Å². The molecule has 0 saturated carbocycles. The van der Waals surface area contributed by atoms with Gasteiger partial charge in [-0.15, -0.1) is 11.8 Å². The number of hydrogen-bond donors (Lipinski definition) is 3. The van der Waals surface area contributed by atoms with Crippen LogP contribution in [0.25, 0.3) is 0 Å². The van der Waals surface area contributed by atoms with Crippen molar-refractivity contribution in [2.75, 3.05) is 10.6 Å². The minimum Gasteiger partial charge on any atom is -0.478 e. The van der Waals surface area contributed by atoms with Gasteiger partial charge in [0.15, 0.2) is 0 Å². The van der Waals surface area contributed by atoms with Gasteiger partial charge in [0.2, 0.25) is 11.8 Å². The molecule has 0 saturated heterocycles. The van der Waals surface area contributed by atoms with Gasteiger partial charge < -0.3 is 15.7 Å². The molecule has 0 aromatic heterocycles. The van der Waals surface area contributed by atoms with E-state index in [0.717, 1.165) is 39.4 Å². The highest BCUT2D eigenvalue weighted by Crippen LogP contribution is 2.36. The lowest BCUT2D eigenvalue weighted by Crippen LogP contribution is -2.19. The van der Waals surface area contributed by atoms with E-state index in [1.165, 1.54) is 11.8 Å². The summed E-state index contributed by atoms with van der Waals surface area (Å²) in [7, 11) is 0. The van der Waals surface area contributed by atoms with Crippen LogP contribution in [0.1, 0.15) is 21.9 Å². The van der Waals surface area contributed by atoms with Crippen molar-refractivity contribution in [1.29, 1.82) is 0 Å². The number of carbonyl (C=O) groups excluding carboxylic acids is 2. The Morgan fingerprint density at radius 1 is 0.818 bits per heavy atom. The highest BCUT2D eigenvalue weighted by molar-refractivity contribution is 8.00. The first-order valence-corrected chi connectivity index (χ1v) is 11.1. The predicted octanol–water partition coefficient (Wildman–Crippen LogP) is 5.35. The Morgan fingerprint density at radius 3 is 2.12 bits per heavy atom. The number of aryl methyl sites for hydroxylation is 2. The molecule has 0 aliphatic carbocycles. The van der Waals surface area contributed by atoms with Crippen molar-refractivity contribution >= 4 is 40.9 Å². The van der Waals surface area contributed by atoms with Gasteiger partial charge in [0.25, 0.3) is 0 Å². The van der Waals surface area contributed by atoms with E-state index < -0.39 is 17.1 Å². The van der Waals surface area contributed by atoms with Crippen molar-refractivity contribution in [2.45, 2.75) is 24.0 Å². The highest BCUT2D eigenvalue weighted by atomic mass is 32.2. The number of anilines is 2. The molecule has 1 unspecified atom stereocenters. The van der Waals surface area contributed by atoms with Crippen LogP contribution >= 0.6 is 11.8 Å². The summed E-state index contributed by atoms with van der Waals surface area (Å²) in [5.41, 5.74) is 4.41. The zero-order chi connectivity index (χ0) is 23.8. The van der Waals surface area contributed by atoms with E-state index in [1.54, 1.807) is 24.3 Å². The Morgan fingerprint density at radius 2 is 1.48 bits per heavy atom. The molecule has 33 heavy (non-hydrogen) atoms. The van der Waals surface area contributed by atoms with E-state index in [1.807, 2.05) is 62.4 Å². The van der Waals surface area contributed by atoms with Crippen LogP contribution in [-0.2, 0) is 14.4 Å². The number of nitrogens with one attached hydrogen (secondary N) is 2. The van der Waals surface area contributed by atoms with Crippen LogP contribution in [-0.4, -0.2) is 22.9 Å². The second-order valence-corrected chi connectivity index (χ2v) is 8.56. The van der Waals surface area contributed by atoms with Gasteiger partial charge in [-0.3, -0.25) is 9.59 Å². The fourth-order valence-corrected chi connectivity index (χ4v) is 4.04. The van der Waals surface area contributed by atoms with Gasteiger partial charge >= 0.3 is 5.97 Å². The number of thioether (sulfide) groups is 1. The van der Waals surface area contributed by atoms with Gasteiger partial charge in [0.1, 0.15) is 5.25 Å². The Balaban J connectivity index is 1.75. The molecule has 6 nitrogen and oxygen atoms in total. The predicted molar refractivity (Wildman–Crippen MR) is 131 cm³/mol. The highest BCUT2D eigenvalue weighted by Gasteiger charge is 2.22. The van der Waals surface area contributed by atoms with Crippen molar-refractivity contribution < 1.29 is 19.5 Å². The van der Waals surface area contributed by atoms with Crippen LogP contribution in [0.3, 0.4) is 0 Å². The fraction of sp³-hybridized carbons (Fsp3) is 0.115. The van der Waals surface area contributed by atoms with Gasteiger partial charge in [-0.1, -0.05) is 36.4 Å². The lowest BCUT2D eigenvalue weighted by Gasteiger charge is -2.18. The zero-order valence-corrected chi connectivity index (χ0v) is 19.1. The van der Waals surface area contributed by atoms with E-state index in [9.17, 15) is 14.4 Å². The summed E-state index contributed by atoms with van der Waals surface area (Å²) in [6.45, 7) is 4.03. The third-order valence-electron chi connectivity index (χ3n) is 4.87. The van der Waals surface area contributed by atoms with Crippen molar-refractivity contribution in [3.8, 4) is 0 Å². The average molecular weight is 461 g/mol. The number of aliphatic carboxylic acids is 1. The number of hydrogen-bond acceptors (Lipinski definition) is 4. The smallest absolute Gasteiger partial charge is 0.328 e. The molecule has 0 spiro atoms. The molecule has 0 fully saturated rings. The molecule has 2 amide bonds. The van der Waals surface area contributed by atoms with E-state index in [0.29, 0.717) is 5.69 Å². The molecule has 1 atom stereocenters. The van der Waals surface area contributed by atoms with E-state index >= 15 is 0 Å². The van der Waals surface area contributed by atoms with E-state index in [2.05, 4.69) is 10.6 Å². The lowest BCUT2D eigenvalue weighted by molar-refractivity contribution is -0.131. The lowest BCUT2D eigenvalue weighted by atomic mass is 10.1. The standard InChI is InChI=1S/C26H24N2O4S/c1-17-8-9-21(16-18(17)2)28-26(32)25(19-6-4-3-5-7-19)33-22-12-10-20(11-13-22)27-23(29)14-15-24(30)31/h3-16,25H,1-2H3,(H,27,29)(H,28,32)(H,30,31)/b15-14+. The maximum absolute atomic E-state index is 13.2. The number of carboxylic acids is 1. The molecular weight excluding hydrogens is 436 g/mol. The largest absolute Gasteiger partial charge is 0.478 e. The van der Waals surface area contributed by atoms with Crippen LogP contribution in [0.5, 0.6) is 0 Å². The third-order valence-corrected chi connectivity index (χ3v) is 6.13. The van der Waals surface area contributed by atoms with Crippen LogP contribution in [0.2, 0.25) is 0 Å². The molecule has 0 bridgehead atoms. The van der Waals surface area contributed by atoms with Crippen molar-refractivity contribution in [2.24, 2.45) is 0 Å². The maximum Gasteiger partial charge on any atom is 0.328 e. The van der Waals surface area contributed by atoms with Crippen molar-refractivity contribution in [1.82, 2.24) is 0 Å². The summed E-state index contributed by atoms with van der Waals surface area (Å²) >= 11 is 1.40. The van der Waals surface area contributed by atoms with Crippen LogP contribution in [0.15, 0.2) is 89.8 Å². The third kappa shape index (κ3) is 7.08. The summed E-state index contributed by atoms with van der Waals surface area (Å²) in [5, 5.41) is 13.7. The monoisotopic (exact) mass is 460 g/mol. The number of carboxylic acid groups (broad SMARTS) is 1. The second kappa shape index (κ2) is 11.2. The molecule has 3 rings (SSSR count). The van der Waals surface area contributed by atoms with E-state index in [-0.39, 0.29) is 5.91 Å². The molecule has 7 heteroatoms. The summed E-state index contributed by atoms with van der Waals surface area (Å²) in [4.78, 5) is 36.3. The SMILES string of the molecule is Cc1ccc(NC(=O)C(Sc2ccc(NC(=O)/C=C/C(=O)O)cc2)c2ccccc2)cc1C. The van der Waals surface area contributed by atoms with Crippen LogP contribution in [0, 0.1) is 13.8 Å². The Bertz CT molecular complexity index is 1170. The number of carbonyl (C=O) groups is 3. The molecule has 0 aliphatic heterocycles. The summed E-state index contributed by atoms with van der Waals surface area (Å²) < 4.78 is 0. The van der Waals surface area contributed by atoms with E-state index in [4.69, 9.17) is 5.11 Å². The zero-order valence-electron chi connectivity index (χ0n) is 18.2. The number of amides is 2. The van der Waals surface area contributed by atoms with Crippen LogP contribution in [0.4, 0.5) is 11.4 Å². The first-order chi connectivity index (χ1) is 15.8. The minimum absolute atomic E-state index is 0.134. The maximum atomic E-state index is 13.2.